The molecule has 120 valence electrons. The van der Waals surface area contributed by atoms with Gasteiger partial charge in [-0.1, -0.05) is 20.8 Å². The van der Waals surface area contributed by atoms with E-state index in [1.54, 1.807) is 11.3 Å². The molecule has 0 amide bonds. The number of rotatable bonds is 5. The van der Waals surface area contributed by atoms with Gasteiger partial charge in [0.2, 0.25) is 0 Å². The van der Waals surface area contributed by atoms with Crippen LogP contribution >= 0.6 is 11.3 Å². The van der Waals surface area contributed by atoms with Crippen molar-refractivity contribution in [3.63, 3.8) is 0 Å². The van der Waals surface area contributed by atoms with E-state index in [-0.39, 0.29) is 0 Å². The predicted molar refractivity (Wildman–Crippen MR) is 89.6 cm³/mol. The van der Waals surface area contributed by atoms with E-state index in [1.807, 2.05) is 5.51 Å². The number of nitrogens with zero attached hydrogens (tertiary/aromatic N) is 1. The zero-order valence-corrected chi connectivity index (χ0v) is 14.7. The van der Waals surface area contributed by atoms with Crippen molar-refractivity contribution >= 4 is 11.3 Å². The number of thiazole rings is 1. The summed E-state index contributed by atoms with van der Waals surface area (Å²) in [4.78, 5) is 5.65. The lowest BCUT2D eigenvalue weighted by Crippen LogP contribution is -2.40. The van der Waals surface area contributed by atoms with Crippen LogP contribution in [0.1, 0.15) is 50.6 Å². The summed E-state index contributed by atoms with van der Waals surface area (Å²) in [6, 6.07) is 0. The van der Waals surface area contributed by atoms with E-state index in [0.717, 1.165) is 37.6 Å². The Morgan fingerprint density at radius 2 is 2.14 bits per heavy atom. The normalized spacial score (nSPS) is 27.0. The van der Waals surface area contributed by atoms with Crippen molar-refractivity contribution in [2.24, 2.45) is 23.0 Å². The Balaban J connectivity index is 1.87. The summed E-state index contributed by atoms with van der Waals surface area (Å²) in [5.41, 5.74) is 9.39. The van der Waals surface area contributed by atoms with Gasteiger partial charge in [-0.15, -0.1) is 11.3 Å². The van der Waals surface area contributed by atoms with Gasteiger partial charge in [0.05, 0.1) is 23.9 Å². The molecule has 2 rings (SSSR count). The van der Waals surface area contributed by atoms with Gasteiger partial charge < -0.3 is 10.5 Å². The molecule has 0 bridgehead atoms. The number of hydrogen-bond acceptors (Lipinski definition) is 4. The fraction of sp³-hybridized carbons (Fsp3) is 0.824. The van der Waals surface area contributed by atoms with Crippen molar-refractivity contribution < 1.29 is 4.74 Å². The summed E-state index contributed by atoms with van der Waals surface area (Å²) in [6.45, 7) is 10.7. The lowest BCUT2D eigenvalue weighted by atomic mass is 9.68. The Hall–Kier alpha value is -0.450. The summed E-state index contributed by atoms with van der Waals surface area (Å²) in [6.07, 6.45) is 4.97. The van der Waals surface area contributed by atoms with Crippen LogP contribution in [0.15, 0.2) is 5.51 Å². The van der Waals surface area contributed by atoms with Gasteiger partial charge in [-0.25, -0.2) is 4.98 Å². The lowest BCUT2D eigenvalue weighted by molar-refractivity contribution is -0.0392. The van der Waals surface area contributed by atoms with E-state index in [0.29, 0.717) is 17.4 Å². The van der Waals surface area contributed by atoms with Crippen LogP contribution in [0.4, 0.5) is 0 Å². The average molecular weight is 311 g/mol. The summed E-state index contributed by atoms with van der Waals surface area (Å²) in [5.74, 6) is 1.28. The summed E-state index contributed by atoms with van der Waals surface area (Å²) in [7, 11) is 0. The maximum absolute atomic E-state index is 6.24. The minimum absolute atomic E-state index is 0.334. The molecular formula is C17H30N2OS. The number of aryl methyl sites for hydroxylation is 1. The quantitative estimate of drug-likeness (QED) is 0.900. The summed E-state index contributed by atoms with van der Waals surface area (Å²) >= 11 is 1.73. The second kappa shape index (κ2) is 7.21. The van der Waals surface area contributed by atoms with E-state index < -0.39 is 0 Å². The third-order valence-corrected chi connectivity index (χ3v) is 5.96. The Kier molecular flexibility index (Phi) is 5.81. The van der Waals surface area contributed by atoms with Crippen molar-refractivity contribution in [2.75, 3.05) is 13.2 Å². The Bertz CT molecular complexity index is 438. The molecule has 1 saturated carbocycles. The van der Waals surface area contributed by atoms with E-state index in [2.05, 4.69) is 32.7 Å². The van der Waals surface area contributed by atoms with Crippen LogP contribution in [0.3, 0.4) is 0 Å². The zero-order valence-electron chi connectivity index (χ0n) is 13.9. The first-order chi connectivity index (χ1) is 9.91. The smallest absolute Gasteiger partial charge is 0.0797 e. The van der Waals surface area contributed by atoms with Crippen molar-refractivity contribution in [1.29, 1.82) is 0 Å². The maximum Gasteiger partial charge on any atom is 0.0797 e. The number of hydrogen-bond donors (Lipinski definition) is 1. The van der Waals surface area contributed by atoms with Crippen LogP contribution in [0.25, 0.3) is 0 Å². The fourth-order valence-corrected chi connectivity index (χ4v) is 4.08. The Labute approximate surface area is 133 Å². The number of nitrogens with two attached hydrogens (primary N) is 1. The average Bonchev–Trinajstić information content (AvgIpc) is 2.83. The first kappa shape index (κ1) is 16.9. The van der Waals surface area contributed by atoms with Gasteiger partial charge in [-0.3, -0.25) is 0 Å². The van der Waals surface area contributed by atoms with Crippen LogP contribution in [-0.4, -0.2) is 24.2 Å². The summed E-state index contributed by atoms with van der Waals surface area (Å²) in [5, 5.41) is 0. The highest BCUT2D eigenvalue weighted by atomic mass is 32.1. The topological polar surface area (TPSA) is 48.1 Å². The molecule has 3 nitrogen and oxygen atoms in total. The molecule has 0 aromatic carbocycles. The molecule has 1 aliphatic carbocycles. The molecule has 1 fully saturated rings. The second-order valence-corrected chi connectivity index (χ2v) is 8.33. The molecule has 0 spiro atoms. The van der Waals surface area contributed by atoms with Crippen molar-refractivity contribution in [3.8, 4) is 0 Å². The molecule has 1 aliphatic rings. The minimum Gasteiger partial charge on any atom is -0.377 e. The molecule has 0 aliphatic heterocycles. The van der Waals surface area contributed by atoms with Gasteiger partial charge in [-0.2, -0.15) is 0 Å². The highest BCUT2D eigenvalue weighted by Crippen LogP contribution is 2.40. The SMILES string of the molecule is Cc1ncsc1CCOC1CC(C(C)(C)C)CCC1CN. The van der Waals surface area contributed by atoms with Crippen LogP contribution in [-0.2, 0) is 11.2 Å². The maximum atomic E-state index is 6.24. The second-order valence-electron chi connectivity index (χ2n) is 7.39. The molecule has 3 atom stereocenters. The molecular weight excluding hydrogens is 280 g/mol. The van der Waals surface area contributed by atoms with Crippen molar-refractivity contribution in [1.82, 2.24) is 4.98 Å². The zero-order chi connectivity index (χ0) is 15.5. The molecule has 0 saturated heterocycles. The highest BCUT2D eigenvalue weighted by molar-refractivity contribution is 7.09. The van der Waals surface area contributed by atoms with Crippen LogP contribution in [0.2, 0.25) is 0 Å². The van der Waals surface area contributed by atoms with E-state index in [4.69, 9.17) is 10.5 Å². The van der Waals surface area contributed by atoms with Gasteiger partial charge in [-0.05, 0) is 50.0 Å². The molecule has 3 unspecified atom stereocenters. The molecule has 1 heterocycles. The monoisotopic (exact) mass is 310 g/mol. The van der Waals surface area contributed by atoms with Gasteiger partial charge in [0.1, 0.15) is 0 Å². The Morgan fingerprint density at radius 1 is 1.38 bits per heavy atom. The third kappa shape index (κ3) is 4.51. The van der Waals surface area contributed by atoms with Gasteiger partial charge in [0.15, 0.2) is 0 Å². The largest absolute Gasteiger partial charge is 0.377 e. The molecule has 21 heavy (non-hydrogen) atoms. The molecule has 0 radical (unpaired) electrons. The number of aromatic nitrogens is 1. The highest BCUT2D eigenvalue weighted by Gasteiger charge is 2.35. The van der Waals surface area contributed by atoms with E-state index >= 15 is 0 Å². The first-order valence-corrected chi connectivity index (χ1v) is 9.00. The fourth-order valence-electron chi connectivity index (χ4n) is 3.32. The minimum atomic E-state index is 0.334. The molecule has 1 aromatic heterocycles. The van der Waals surface area contributed by atoms with E-state index in [1.165, 1.54) is 17.7 Å². The van der Waals surface area contributed by atoms with Crippen molar-refractivity contribution in [3.05, 3.63) is 16.1 Å². The summed E-state index contributed by atoms with van der Waals surface area (Å²) < 4.78 is 6.24. The van der Waals surface area contributed by atoms with Gasteiger partial charge in [0.25, 0.3) is 0 Å². The van der Waals surface area contributed by atoms with Crippen LogP contribution in [0.5, 0.6) is 0 Å². The first-order valence-electron chi connectivity index (χ1n) is 8.12. The lowest BCUT2D eigenvalue weighted by Gasteiger charge is -2.41. The van der Waals surface area contributed by atoms with Gasteiger partial charge >= 0.3 is 0 Å². The molecule has 1 aromatic rings. The third-order valence-electron chi connectivity index (χ3n) is 4.96. The van der Waals surface area contributed by atoms with Crippen LogP contribution < -0.4 is 5.73 Å². The molecule has 4 heteroatoms. The standard InChI is InChI=1S/C17H30N2OS/c1-12-16(21-11-19-12)7-8-20-15-9-14(17(2,3)4)6-5-13(15)10-18/h11,13-15H,5-10,18H2,1-4H3. The van der Waals surface area contributed by atoms with Gasteiger partial charge in [0, 0.05) is 11.3 Å². The molecule has 2 N–H and O–H groups in total. The van der Waals surface area contributed by atoms with E-state index in [9.17, 15) is 0 Å². The predicted octanol–water partition coefficient (Wildman–Crippen LogP) is 3.80. The van der Waals surface area contributed by atoms with Crippen molar-refractivity contribution in [2.45, 2.75) is 59.5 Å². The Morgan fingerprint density at radius 3 is 2.71 bits per heavy atom. The van der Waals surface area contributed by atoms with Crippen LogP contribution in [0, 0.1) is 24.2 Å². The number of ether oxygens (including phenoxy) is 1.